The molecule has 1 aromatic carbocycles. The molecular formula is C12H15ClF2N2O2. The minimum atomic E-state index is -0.574. The van der Waals surface area contributed by atoms with Crippen LogP contribution in [0.25, 0.3) is 0 Å². The fraction of sp³-hybridized carbons (Fsp3) is 0.417. The van der Waals surface area contributed by atoms with E-state index in [0.717, 1.165) is 18.2 Å². The number of rotatable bonds is 3. The summed E-state index contributed by atoms with van der Waals surface area (Å²) in [4.78, 5) is 11.7. The molecule has 7 heteroatoms. The standard InChI is InChI=1S/C12H14F2N2O2.ClH/c13-9-1-2-10(14)8(5-9)6-16-12(17)11-7-15-3-4-18-11;/h1-2,5,11,15H,3-4,6-7H2,(H,16,17);1H. The third-order valence-corrected chi connectivity index (χ3v) is 2.68. The fourth-order valence-corrected chi connectivity index (χ4v) is 1.71. The maximum absolute atomic E-state index is 13.3. The Morgan fingerprint density at radius 1 is 1.47 bits per heavy atom. The highest BCUT2D eigenvalue weighted by Crippen LogP contribution is 2.09. The summed E-state index contributed by atoms with van der Waals surface area (Å²) in [5, 5.41) is 5.54. The molecule has 1 heterocycles. The van der Waals surface area contributed by atoms with E-state index in [4.69, 9.17) is 4.74 Å². The zero-order chi connectivity index (χ0) is 13.0. The lowest BCUT2D eigenvalue weighted by Gasteiger charge is -2.22. The lowest BCUT2D eigenvalue weighted by molar-refractivity contribution is -0.134. The molecule has 1 aliphatic heterocycles. The van der Waals surface area contributed by atoms with Crippen molar-refractivity contribution in [2.45, 2.75) is 12.6 Å². The highest BCUT2D eigenvalue weighted by atomic mass is 35.5. The first-order valence-corrected chi connectivity index (χ1v) is 5.71. The highest BCUT2D eigenvalue weighted by Gasteiger charge is 2.21. The fourth-order valence-electron chi connectivity index (χ4n) is 1.71. The zero-order valence-electron chi connectivity index (χ0n) is 10.1. The summed E-state index contributed by atoms with van der Waals surface area (Å²) in [5.74, 6) is -1.40. The number of nitrogens with one attached hydrogen (secondary N) is 2. The summed E-state index contributed by atoms with van der Waals surface area (Å²) in [6.45, 7) is 1.55. The molecule has 4 nitrogen and oxygen atoms in total. The highest BCUT2D eigenvalue weighted by molar-refractivity contribution is 5.85. The predicted molar refractivity (Wildman–Crippen MR) is 68.1 cm³/mol. The van der Waals surface area contributed by atoms with Crippen LogP contribution in [0.1, 0.15) is 5.56 Å². The average Bonchev–Trinajstić information content (AvgIpc) is 2.40. The maximum Gasteiger partial charge on any atom is 0.250 e. The molecule has 0 aromatic heterocycles. The van der Waals surface area contributed by atoms with Crippen LogP contribution in [-0.4, -0.2) is 31.7 Å². The van der Waals surface area contributed by atoms with Crippen molar-refractivity contribution in [2.24, 2.45) is 0 Å². The van der Waals surface area contributed by atoms with E-state index in [-0.39, 0.29) is 30.4 Å². The number of halogens is 3. The smallest absolute Gasteiger partial charge is 0.250 e. The van der Waals surface area contributed by atoms with Gasteiger partial charge in [0.15, 0.2) is 0 Å². The van der Waals surface area contributed by atoms with Gasteiger partial charge >= 0.3 is 0 Å². The van der Waals surface area contributed by atoms with Crippen LogP contribution in [0, 0.1) is 11.6 Å². The monoisotopic (exact) mass is 292 g/mol. The van der Waals surface area contributed by atoms with Gasteiger partial charge in [0.2, 0.25) is 0 Å². The summed E-state index contributed by atoms with van der Waals surface area (Å²) < 4.78 is 31.5. The minimum Gasteiger partial charge on any atom is -0.366 e. The Balaban J connectivity index is 0.00000180. The van der Waals surface area contributed by atoms with E-state index in [1.165, 1.54) is 0 Å². The second-order valence-electron chi connectivity index (χ2n) is 4.02. The first kappa shape index (κ1) is 15.8. The number of benzene rings is 1. The molecule has 0 radical (unpaired) electrons. The first-order valence-electron chi connectivity index (χ1n) is 5.71. The van der Waals surface area contributed by atoms with Gasteiger partial charge in [-0.1, -0.05) is 0 Å². The van der Waals surface area contributed by atoms with Crippen LogP contribution in [-0.2, 0) is 16.1 Å². The molecule has 1 atom stereocenters. The molecule has 2 N–H and O–H groups in total. The summed E-state index contributed by atoms with van der Waals surface area (Å²) in [7, 11) is 0. The normalized spacial score (nSPS) is 18.5. The van der Waals surface area contributed by atoms with E-state index in [1.807, 2.05) is 0 Å². The SMILES string of the molecule is Cl.O=C(NCc1cc(F)ccc1F)C1CNCCO1. The molecule has 1 saturated heterocycles. The zero-order valence-corrected chi connectivity index (χ0v) is 10.9. The van der Waals surface area contributed by atoms with Gasteiger partial charge in [0.1, 0.15) is 17.7 Å². The molecule has 1 unspecified atom stereocenters. The molecule has 106 valence electrons. The molecule has 0 spiro atoms. The van der Waals surface area contributed by atoms with Gasteiger partial charge < -0.3 is 15.4 Å². The van der Waals surface area contributed by atoms with E-state index in [9.17, 15) is 13.6 Å². The first-order chi connectivity index (χ1) is 8.66. The van der Waals surface area contributed by atoms with Crippen molar-refractivity contribution in [2.75, 3.05) is 19.7 Å². The van der Waals surface area contributed by atoms with Gasteiger partial charge in [-0.3, -0.25) is 4.79 Å². The van der Waals surface area contributed by atoms with Crippen molar-refractivity contribution in [3.8, 4) is 0 Å². The van der Waals surface area contributed by atoms with E-state index < -0.39 is 17.7 Å². The van der Waals surface area contributed by atoms with Crippen molar-refractivity contribution in [1.29, 1.82) is 0 Å². The molecule has 1 fully saturated rings. The van der Waals surface area contributed by atoms with Crippen molar-refractivity contribution in [3.63, 3.8) is 0 Å². The summed E-state index contributed by atoms with van der Waals surface area (Å²) in [6.07, 6.45) is -0.574. The van der Waals surface area contributed by atoms with Crippen LogP contribution >= 0.6 is 12.4 Å². The van der Waals surface area contributed by atoms with Crippen LogP contribution in [0.15, 0.2) is 18.2 Å². The van der Waals surface area contributed by atoms with E-state index in [2.05, 4.69) is 10.6 Å². The molecule has 2 rings (SSSR count). The molecule has 0 aliphatic carbocycles. The molecule has 0 bridgehead atoms. The Morgan fingerprint density at radius 3 is 2.95 bits per heavy atom. The average molecular weight is 293 g/mol. The maximum atomic E-state index is 13.3. The van der Waals surface area contributed by atoms with Crippen LogP contribution < -0.4 is 10.6 Å². The number of hydrogen-bond acceptors (Lipinski definition) is 3. The van der Waals surface area contributed by atoms with Gasteiger partial charge in [-0.25, -0.2) is 8.78 Å². The third kappa shape index (κ3) is 4.41. The Morgan fingerprint density at radius 2 is 2.26 bits per heavy atom. The number of carbonyl (C=O) groups is 1. The third-order valence-electron chi connectivity index (χ3n) is 2.68. The largest absolute Gasteiger partial charge is 0.366 e. The van der Waals surface area contributed by atoms with Crippen LogP contribution in [0.5, 0.6) is 0 Å². The summed E-state index contributed by atoms with van der Waals surface area (Å²) in [6, 6.07) is 3.14. The van der Waals surface area contributed by atoms with Gasteiger partial charge in [-0.2, -0.15) is 0 Å². The van der Waals surface area contributed by atoms with Gasteiger partial charge in [-0.15, -0.1) is 12.4 Å². The number of morpholine rings is 1. The molecule has 19 heavy (non-hydrogen) atoms. The Kier molecular flexibility index (Phi) is 6.14. The molecule has 1 amide bonds. The number of amides is 1. The number of ether oxygens (including phenoxy) is 1. The van der Waals surface area contributed by atoms with Crippen LogP contribution in [0.3, 0.4) is 0 Å². The Labute approximate surface area is 115 Å². The van der Waals surface area contributed by atoms with Crippen molar-refractivity contribution in [1.82, 2.24) is 10.6 Å². The van der Waals surface area contributed by atoms with Gasteiger partial charge in [0.05, 0.1) is 6.61 Å². The van der Waals surface area contributed by atoms with Crippen molar-refractivity contribution < 1.29 is 18.3 Å². The lowest BCUT2D eigenvalue weighted by Crippen LogP contribution is -2.47. The topological polar surface area (TPSA) is 50.4 Å². The Hall–Kier alpha value is -1.24. The molecular weight excluding hydrogens is 278 g/mol. The van der Waals surface area contributed by atoms with E-state index in [0.29, 0.717) is 19.7 Å². The molecule has 1 aliphatic rings. The summed E-state index contributed by atoms with van der Waals surface area (Å²) in [5.41, 5.74) is 0.118. The van der Waals surface area contributed by atoms with E-state index in [1.54, 1.807) is 0 Å². The number of carbonyl (C=O) groups excluding carboxylic acids is 1. The second kappa shape index (κ2) is 7.37. The van der Waals surface area contributed by atoms with Gasteiger partial charge in [0.25, 0.3) is 5.91 Å². The molecule has 0 saturated carbocycles. The van der Waals surface area contributed by atoms with Crippen LogP contribution in [0.4, 0.5) is 8.78 Å². The predicted octanol–water partition coefficient (Wildman–Crippen LogP) is 0.991. The van der Waals surface area contributed by atoms with E-state index >= 15 is 0 Å². The van der Waals surface area contributed by atoms with Crippen molar-refractivity contribution >= 4 is 18.3 Å². The Bertz CT molecular complexity index is 440. The quantitative estimate of drug-likeness (QED) is 0.874. The van der Waals surface area contributed by atoms with Crippen LogP contribution in [0.2, 0.25) is 0 Å². The lowest BCUT2D eigenvalue weighted by atomic mass is 10.2. The summed E-state index contributed by atoms with van der Waals surface area (Å²) >= 11 is 0. The number of hydrogen-bond donors (Lipinski definition) is 2. The second-order valence-corrected chi connectivity index (χ2v) is 4.02. The van der Waals surface area contributed by atoms with Gasteiger partial charge in [-0.05, 0) is 18.2 Å². The van der Waals surface area contributed by atoms with Gasteiger partial charge in [0, 0.05) is 25.2 Å². The van der Waals surface area contributed by atoms with Crippen molar-refractivity contribution in [3.05, 3.63) is 35.4 Å². The molecule has 1 aromatic rings. The minimum absolute atomic E-state index is 0.